The molecular weight excluding hydrogens is 308 g/mol. The number of rotatable bonds is 4. The maximum Gasteiger partial charge on any atom is 0.255 e. The molecule has 0 radical (unpaired) electrons. The quantitative estimate of drug-likeness (QED) is 0.754. The molecule has 0 unspecified atom stereocenters. The van der Waals surface area contributed by atoms with Crippen LogP contribution in [0.4, 0.5) is 0 Å². The first kappa shape index (κ1) is 15.6. The smallest absolute Gasteiger partial charge is 0.255 e. The monoisotopic (exact) mass is 324 g/mol. The molecular formula is C16H16N6O2. The summed E-state index contributed by atoms with van der Waals surface area (Å²) in [7, 11) is 0. The Hall–Kier alpha value is -3.29. The highest BCUT2D eigenvalue weighted by Gasteiger charge is 2.17. The molecule has 3 aromatic rings. The molecule has 8 heteroatoms. The van der Waals surface area contributed by atoms with Gasteiger partial charge >= 0.3 is 0 Å². The number of phenols is 1. The second-order valence-corrected chi connectivity index (χ2v) is 5.36. The zero-order chi connectivity index (χ0) is 17.1. The molecule has 0 saturated carbocycles. The number of nitrogens with zero attached hydrogens (tertiary/aromatic N) is 5. The van der Waals surface area contributed by atoms with Crippen molar-refractivity contribution in [1.82, 2.24) is 30.5 Å². The van der Waals surface area contributed by atoms with Crippen molar-refractivity contribution >= 4 is 5.91 Å². The van der Waals surface area contributed by atoms with Gasteiger partial charge < -0.3 is 10.4 Å². The zero-order valence-electron chi connectivity index (χ0n) is 13.2. The van der Waals surface area contributed by atoms with Crippen molar-refractivity contribution in [2.24, 2.45) is 0 Å². The highest BCUT2D eigenvalue weighted by atomic mass is 16.3. The predicted octanol–water partition coefficient (Wildman–Crippen LogP) is 1.56. The van der Waals surface area contributed by atoms with Crippen molar-refractivity contribution in [3.63, 3.8) is 0 Å². The Bertz CT molecular complexity index is 863. The van der Waals surface area contributed by atoms with Crippen LogP contribution in [-0.4, -0.2) is 36.2 Å². The summed E-state index contributed by atoms with van der Waals surface area (Å²) in [4.78, 5) is 16.8. The molecule has 2 heterocycles. The van der Waals surface area contributed by atoms with E-state index in [1.165, 1.54) is 23.1 Å². The third-order valence-corrected chi connectivity index (χ3v) is 3.65. The molecule has 2 N–H and O–H groups in total. The zero-order valence-corrected chi connectivity index (χ0v) is 13.2. The van der Waals surface area contributed by atoms with Crippen LogP contribution < -0.4 is 5.32 Å². The number of benzene rings is 1. The number of nitrogens with one attached hydrogen (secondary N) is 1. The molecule has 1 amide bonds. The summed E-state index contributed by atoms with van der Waals surface area (Å²) in [6, 6.07) is 8.06. The first-order valence-electron chi connectivity index (χ1n) is 7.35. The molecule has 0 bridgehead atoms. The van der Waals surface area contributed by atoms with Gasteiger partial charge in [0.1, 0.15) is 12.1 Å². The largest absolute Gasteiger partial charge is 0.507 e. The standard InChI is InChI=1S/C16H16N6O2/c1-10-4-3-7-17-15(10)11(2)19-16(24)13-8-12(5-6-14(13)23)22-9-18-20-21-22/h3-9,11,23H,1-2H3,(H,19,24)/t11-/m0/s1. The number of hydrogen-bond donors (Lipinski definition) is 2. The highest BCUT2D eigenvalue weighted by Crippen LogP contribution is 2.22. The highest BCUT2D eigenvalue weighted by molar-refractivity contribution is 5.97. The van der Waals surface area contributed by atoms with E-state index >= 15 is 0 Å². The van der Waals surface area contributed by atoms with E-state index in [0.717, 1.165) is 11.3 Å². The van der Waals surface area contributed by atoms with Crippen molar-refractivity contribution in [2.75, 3.05) is 0 Å². The molecule has 0 aliphatic heterocycles. The van der Waals surface area contributed by atoms with Gasteiger partial charge in [-0.1, -0.05) is 6.07 Å². The van der Waals surface area contributed by atoms with Crippen LogP contribution in [0.1, 0.15) is 34.6 Å². The summed E-state index contributed by atoms with van der Waals surface area (Å²) in [5, 5.41) is 23.7. The van der Waals surface area contributed by atoms with Crippen molar-refractivity contribution in [3.05, 3.63) is 59.7 Å². The van der Waals surface area contributed by atoms with Gasteiger partial charge in [-0.15, -0.1) is 5.10 Å². The molecule has 0 saturated heterocycles. The molecule has 0 spiro atoms. The first-order chi connectivity index (χ1) is 11.6. The second-order valence-electron chi connectivity index (χ2n) is 5.36. The topological polar surface area (TPSA) is 106 Å². The number of aromatic nitrogens is 5. The van der Waals surface area contributed by atoms with E-state index in [-0.39, 0.29) is 17.4 Å². The Labute approximate surface area is 138 Å². The number of phenolic OH excluding ortho intramolecular Hbond substituents is 1. The van der Waals surface area contributed by atoms with E-state index in [4.69, 9.17) is 0 Å². The molecule has 1 atom stereocenters. The van der Waals surface area contributed by atoms with Crippen LogP contribution in [0, 0.1) is 6.92 Å². The molecule has 0 aliphatic carbocycles. The minimum Gasteiger partial charge on any atom is -0.507 e. The fourth-order valence-electron chi connectivity index (χ4n) is 2.42. The van der Waals surface area contributed by atoms with Crippen LogP contribution in [0.15, 0.2) is 42.9 Å². The Morgan fingerprint density at radius 1 is 1.33 bits per heavy atom. The van der Waals surface area contributed by atoms with Crippen LogP contribution in [0.2, 0.25) is 0 Å². The number of tetrazole rings is 1. The number of carbonyl (C=O) groups is 1. The number of pyridine rings is 1. The van der Waals surface area contributed by atoms with Gasteiger partial charge in [0.15, 0.2) is 0 Å². The van der Waals surface area contributed by atoms with E-state index in [9.17, 15) is 9.90 Å². The van der Waals surface area contributed by atoms with Crippen LogP contribution in [0.3, 0.4) is 0 Å². The summed E-state index contributed by atoms with van der Waals surface area (Å²) in [6.45, 7) is 3.77. The lowest BCUT2D eigenvalue weighted by atomic mass is 10.1. The van der Waals surface area contributed by atoms with Crippen molar-refractivity contribution in [2.45, 2.75) is 19.9 Å². The lowest BCUT2D eigenvalue weighted by Crippen LogP contribution is -2.28. The molecule has 8 nitrogen and oxygen atoms in total. The third kappa shape index (κ3) is 3.07. The molecule has 0 aliphatic rings. The molecule has 0 fully saturated rings. The summed E-state index contributed by atoms with van der Waals surface area (Å²) < 4.78 is 1.41. The van der Waals surface area contributed by atoms with Gasteiger partial charge in [0.2, 0.25) is 0 Å². The third-order valence-electron chi connectivity index (χ3n) is 3.65. The number of hydrogen-bond acceptors (Lipinski definition) is 6. The van der Waals surface area contributed by atoms with E-state index < -0.39 is 5.91 Å². The lowest BCUT2D eigenvalue weighted by Gasteiger charge is -2.16. The maximum atomic E-state index is 12.5. The van der Waals surface area contributed by atoms with Gasteiger partial charge in [0, 0.05) is 6.20 Å². The van der Waals surface area contributed by atoms with Gasteiger partial charge in [0.05, 0.1) is 23.0 Å². The number of aryl methyl sites for hydroxylation is 1. The summed E-state index contributed by atoms with van der Waals surface area (Å²) in [5.74, 6) is -0.519. The fraction of sp³-hybridized carbons (Fsp3) is 0.188. The minimum atomic E-state index is -0.403. The Balaban J connectivity index is 1.85. The minimum absolute atomic E-state index is 0.116. The van der Waals surface area contributed by atoms with Gasteiger partial charge in [-0.25, -0.2) is 4.68 Å². The van der Waals surface area contributed by atoms with Crippen LogP contribution in [0.25, 0.3) is 5.69 Å². The second kappa shape index (κ2) is 6.45. The maximum absolute atomic E-state index is 12.5. The number of carbonyl (C=O) groups excluding carboxylic acids is 1. The van der Waals surface area contributed by atoms with Gasteiger partial charge in [-0.3, -0.25) is 9.78 Å². The molecule has 24 heavy (non-hydrogen) atoms. The summed E-state index contributed by atoms with van der Waals surface area (Å²) in [6.07, 6.45) is 3.09. The summed E-state index contributed by atoms with van der Waals surface area (Å²) >= 11 is 0. The van der Waals surface area contributed by atoms with Gasteiger partial charge in [-0.05, 0) is 54.1 Å². The predicted molar refractivity (Wildman–Crippen MR) is 85.7 cm³/mol. The molecule has 1 aromatic carbocycles. The van der Waals surface area contributed by atoms with Crippen LogP contribution in [0.5, 0.6) is 5.75 Å². The number of amides is 1. The van der Waals surface area contributed by atoms with Gasteiger partial charge in [-0.2, -0.15) is 0 Å². The van der Waals surface area contributed by atoms with Crippen molar-refractivity contribution in [1.29, 1.82) is 0 Å². The molecule has 3 rings (SSSR count). The number of aromatic hydroxyl groups is 1. The average Bonchev–Trinajstić information content (AvgIpc) is 3.10. The van der Waals surface area contributed by atoms with E-state index in [0.29, 0.717) is 5.69 Å². The fourth-order valence-corrected chi connectivity index (χ4v) is 2.42. The SMILES string of the molecule is Cc1cccnc1[C@H](C)NC(=O)c1cc(-n2cnnn2)ccc1O. The van der Waals surface area contributed by atoms with E-state index in [1.807, 2.05) is 26.0 Å². The average molecular weight is 324 g/mol. The van der Waals surface area contributed by atoms with E-state index in [1.54, 1.807) is 12.3 Å². The van der Waals surface area contributed by atoms with Crippen molar-refractivity contribution < 1.29 is 9.90 Å². The Morgan fingerprint density at radius 3 is 2.88 bits per heavy atom. The van der Waals surface area contributed by atoms with Gasteiger partial charge in [0.25, 0.3) is 5.91 Å². The van der Waals surface area contributed by atoms with Crippen molar-refractivity contribution in [3.8, 4) is 11.4 Å². The Kier molecular flexibility index (Phi) is 4.19. The molecule has 2 aromatic heterocycles. The van der Waals surface area contributed by atoms with E-state index in [2.05, 4.69) is 25.8 Å². The Morgan fingerprint density at radius 2 is 2.17 bits per heavy atom. The van der Waals surface area contributed by atoms with Crippen LogP contribution in [-0.2, 0) is 0 Å². The first-order valence-corrected chi connectivity index (χ1v) is 7.35. The van der Waals surface area contributed by atoms with Crippen LogP contribution >= 0.6 is 0 Å². The normalized spacial score (nSPS) is 11.9. The molecule has 122 valence electrons. The lowest BCUT2D eigenvalue weighted by molar-refractivity contribution is 0.0936. The summed E-state index contributed by atoms with van der Waals surface area (Å²) in [5.41, 5.74) is 2.48.